The van der Waals surface area contributed by atoms with E-state index in [1.165, 1.54) is 5.56 Å². The number of hydrogen-bond acceptors (Lipinski definition) is 3. The summed E-state index contributed by atoms with van der Waals surface area (Å²) in [4.78, 5) is 4.04. The highest BCUT2D eigenvalue weighted by atomic mass is 15.4. The van der Waals surface area contributed by atoms with Crippen LogP contribution in [0.5, 0.6) is 0 Å². The Morgan fingerprint density at radius 2 is 2.07 bits per heavy atom. The van der Waals surface area contributed by atoms with Gasteiger partial charge in [-0.05, 0) is 24.3 Å². The normalized spacial score (nSPS) is 10.4. The van der Waals surface area contributed by atoms with Gasteiger partial charge in [0.25, 0.3) is 0 Å². The lowest BCUT2D eigenvalue weighted by molar-refractivity contribution is 0.864. The standard InChI is InChI=1S/C11H17N3/c1-8(2)9-6-5-7-10(14(4)12)11(9)13-3/h5-8H,3,12H2,1-2,4H3. The zero-order chi connectivity index (χ0) is 10.7. The van der Waals surface area contributed by atoms with Gasteiger partial charge in [-0.25, -0.2) is 5.84 Å². The van der Waals surface area contributed by atoms with Crippen molar-refractivity contribution in [3.63, 3.8) is 0 Å². The third-order valence-electron chi connectivity index (χ3n) is 2.21. The first-order chi connectivity index (χ1) is 6.57. The maximum absolute atomic E-state index is 5.70. The van der Waals surface area contributed by atoms with Crippen molar-refractivity contribution in [1.29, 1.82) is 0 Å². The van der Waals surface area contributed by atoms with Gasteiger partial charge < -0.3 is 5.01 Å². The van der Waals surface area contributed by atoms with Crippen molar-refractivity contribution in [2.24, 2.45) is 10.8 Å². The van der Waals surface area contributed by atoms with Crippen LogP contribution in [0.15, 0.2) is 23.2 Å². The molecule has 1 aromatic carbocycles. The minimum absolute atomic E-state index is 0.426. The van der Waals surface area contributed by atoms with Gasteiger partial charge in [0.1, 0.15) is 0 Å². The molecule has 0 unspecified atom stereocenters. The molecule has 0 spiro atoms. The molecule has 0 heterocycles. The molecular formula is C11H17N3. The molecule has 0 aliphatic heterocycles. The number of benzene rings is 1. The van der Waals surface area contributed by atoms with Crippen molar-refractivity contribution in [3.8, 4) is 0 Å². The highest BCUT2D eigenvalue weighted by Crippen LogP contribution is 2.34. The number of hydrazine groups is 1. The molecule has 0 saturated heterocycles. The Labute approximate surface area is 85.2 Å². The van der Waals surface area contributed by atoms with E-state index < -0.39 is 0 Å². The average molecular weight is 191 g/mol. The van der Waals surface area contributed by atoms with Gasteiger partial charge in [0.2, 0.25) is 0 Å². The molecule has 1 aromatic rings. The Morgan fingerprint density at radius 1 is 1.43 bits per heavy atom. The van der Waals surface area contributed by atoms with Gasteiger partial charge in [-0.2, -0.15) is 0 Å². The topological polar surface area (TPSA) is 41.6 Å². The monoisotopic (exact) mass is 191 g/mol. The van der Waals surface area contributed by atoms with Gasteiger partial charge >= 0.3 is 0 Å². The lowest BCUT2D eigenvalue weighted by atomic mass is 10.0. The second-order valence-corrected chi connectivity index (χ2v) is 3.64. The Morgan fingerprint density at radius 3 is 2.50 bits per heavy atom. The second-order valence-electron chi connectivity index (χ2n) is 3.64. The van der Waals surface area contributed by atoms with E-state index in [0.717, 1.165) is 11.4 Å². The summed E-state index contributed by atoms with van der Waals surface area (Å²) in [6, 6.07) is 5.99. The third-order valence-corrected chi connectivity index (χ3v) is 2.21. The van der Waals surface area contributed by atoms with Crippen LogP contribution < -0.4 is 10.9 Å². The quantitative estimate of drug-likeness (QED) is 0.453. The summed E-state index contributed by atoms with van der Waals surface area (Å²) >= 11 is 0. The first kappa shape index (κ1) is 10.7. The van der Waals surface area contributed by atoms with Crippen LogP contribution in [0, 0.1) is 0 Å². The molecule has 0 aliphatic carbocycles. The van der Waals surface area contributed by atoms with Crippen LogP contribution >= 0.6 is 0 Å². The SMILES string of the molecule is C=Nc1c(C(C)C)cccc1N(C)N. The molecular weight excluding hydrogens is 174 g/mol. The van der Waals surface area contributed by atoms with Crippen LogP contribution in [0.2, 0.25) is 0 Å². The van der Waals surface area contributed by atoms with E-state index in [1.54, 1.807) is 12.1 Å². The predicted molar refractivity (Wildman–Crippen MR) is 62.3 cm³/mol. The smallest absolute Gasteiger partial charge is 0.0903 e. The average Bonchev–Trinajstić information content (AvgIpc) is 2.16. The molecule has 0 saturated carbocycles. The highest BCUT2D eigenvalue weighted by molar-refractivity contribution is 5.72. The molecule has 0 radical (unpaired) electrons. The van der Waals surface area contributed by atoms with Crippen LogP contribution in [0.25, 0.3) is 0 Å². The number of rotatable bonds is 3. The van der Waals surface area contributed by atoms with Crippen LogP contribution in [0.1, 0.15) is 25.3 Å². The van der Waals surface area contributed by atoms with Gasteiger partial charge in [0.15, 0.2) is 0 Å². The molecule has 0 aromatic heterocycles. The summed E-state index contributed by atoms with van der Waals surface area (Å²) in [5.41, 5.74) is 2.97. The van der Waals surface area contributed by atoms with Crippen molar-refractivity contribution in [2.45, 2.75) is 19.8 Å². The number of para-hydroxylation sites is 1. The molecule has 1 rings (SSSR count). The molecule has 0 amide bonds. The van der Waals surface area contributed by atoms with E-state index in [0.29, 0.717) is 5.92 Å². The molecule has 0 bridgehead atoms. The summed E-state index contributed by atoms with van der Waals surface area (Å²) in [5.74, 6) is 6.13. The number of anilines is 1. The van der Waals surface area contributed by atoms with Gasteiger partial charge in [-0.1, -0.05) is 26.0 Å². The molecule has 3 nitrogen and oxygen atoms in total. The minimum Gasteiger partial charge on any atom is -0.312 e. The summed E-state index contributed by atoms with van der Waals surface area (Å²) in [6.45, 7) is 7.84. The first-order valence-corrected chi connectivity index (χ1v) is 4.66. The first-order valence-electron chi connectivity index (χ1n) is 4.66. The fraction of sp³-hybridized carbons (Fsp3) is 0.364. The van der Waals surface area contributed by atoms with Crippen LogP contribution in [0.3, 0.4) is 0 Å². The molecule has 76 valence electrons. The lowest BCUT2D eigenvalue weighted by Crippen LogP contribution is -2.25. The van der Waals surface area contributed by atoms with Crippen molar-refractivity contribution in [2.75, 3.05) is 12.1 Å². The van der Waals surface area contributed by atoms with E-state index >= 15 is 0 Å². The van der Waals surface area contributed by atoms with Crippen LogP contribution in [0.4, 0.5) is 11.4 Å². The van der Waals surface area contributed by atoms with Crippen LogP contribution in [-0.4, -0.2) is 13.8 Å². The fourth-order valence-corrected chi connectivity index (χ4v) is 1.47. The maximum Gasteiger partial charge on any atom is 0.0903 e. The van der Waals surface area contributed by atoms with E-state index in [1.807, 2.05) is 12.1 Å². The zero-order valence-corrected chi connectivity index (χ0v) is 8.99. The van der Waals surface area contributed by atoms with Crippen molar-refractivity contribution in [3.05, 3.63) is 23.8 Å². The summed E-state index contributed by atoms with van der Waals surface area (Å²) < 4.78 is 0. The Bertz CT molecular complexity index is 303. The third kappa shape index (κ3) is 1.93. The van der Waals surface area contributed by atoms with Crippen molar-refractivity contribution < 1.29 is 0 Å². The molecule has 3 heteroatoms. The fourth-order valence-electron chi connectivity index (χ4n) is 1.47. The molecule has 0 fully saturated rings. The van der Waals surface area contributed by atoms with E-state index in [9.17, 15) is 0 Å². The van der Waals surface area contributed by atoms with Gasteiger partial charge in [0, 0.05) is 7.05 Å². The number of aliphatic imine (C=N–C) groups is 1. The summed E-state index contributed by atoms with van der Waals surface area (Å²) in [7, 11) is 1.80. The van der Waals surface area contributed by atoms with Crippen molar-refractivity contribution >= 4 is 18.1 Å². The summed E-state index contributed by atoms with van der Waals surface area (Å²) in [5, 5.41) is 1.57. The minimum atomic E-state index is 0.426. The van der Waals surface area contributed by atoms with Gasteiger partial charge in [0.05, 0.1) is 11.4 Å². The number of hydrogen-bond donors (Lipinski definition) is 1. The zero-order valence-electron chi connectivity index (χ0n) is 8.99. The second kappa shape index (κ2) is 4.24. The molecule has 2 N–H and O–H groups in total. The van der Waals surface area contributed by atoms with E-state index in [4.69, 9.17) is 5.84 Å². The Hall–Kier alpha value is -1.35. The molecule has 0 atom stereocenters. The predicted octanol–water partition coefficient (Wildman–Crippen LogP) is 2.45. The van der Waals surface area contributed by atoms with E-state index in [2.05, 4.69) is 31.6 Å². The Kier molecular flexibility index (Phi) is 3.25. The largest absolute Gasteiger partial charge is 0.312 e. The lowest BCUT2D eigenvalue weighted by Gasteiger charge is -2.18. The van der Waals surface area contributed by atoms with Crippen LogP contribution in [-0.2, 0) is 0 Å². The maximum atomic E-state index is 5.70. The van der Waals surface area contributed by atoms with Gasteiger partial charge in [-0.15, -0.1) is 0 Å². The molecule has 14 heavy (non-hydrogen) atoms. The van der Waals surface area contributed by atoms with Crippen molar-refractivity contribution in [1.82, 2.24) is 0 Å². The number of nitrogens with zero attached hydrogens (tertiary/aromatic N) is 2. The van der Waals surface area contributed by atoms with Gasteiger partial charge in [-0.3, -0.25) is 4.99 Å². The summed E-state index contributed by atoms with van der Waals surface area (Å²) in [6.07, 6.45) is 0. The molecule has 0 aliphatic rings. The number of nitrogens with two attached hydrogens (primary N) is 1. The highest BCUT2D eigenvalue weighted by Gasteiger charge is 2.10. The Balaban J connectivity index is 3.32. The van der Waals surface area contributed by atoms with E-state index in [-0.39, 0.29) is 0 Å².